The summed E-state index contributed by atoms with van der Waals surface area (Å²) in [6, 6.07) is 9.55. The minimum Gasteiger partial charge on any atom is -0.507 e. The number of phenols is 1. The number of hydrogen-bond donors (Lipinski definition) is 2. The Morgan fingerprint density at radius 1 is 1.25 bits per heavy atom. The number of carbonyl (C=O) groups is 2. The highest BCUT2D eigenvalue weighted by molar-refractivity contribution is 9.10. The van der Waals surface area contributed by atoms with Gasteiger partial charge in [-0.25, -0.2) is 4.79 Å². The number of non-ortho nitro benzene ring substituents is 1. The predicted octanol–water partition coefficient (Wildman–Crippen LogP) is 2.86. The average molecular weight is 395 g/mol. The summed E-state index contributed by atoms with van der Waals surface area (Å²) in [5.74, 6) is -1.82. The molecule has 2 aromatic rings. The molecular formula is C15H11BrN2O6. The molecule has 0 unspecified atom stereocenters. The van der Waals surface area contributed by atoms with Crippen molar-refractivity contribution in [1.82, 2.24) is 0 Å². The van der Waals surface area contributed by atoms with Crippen molar-refractivity contribution >= 4 is 39.2 Å². The third kappa shape index (κ3) is 4.53. The zero-order valence-electron chi connectivity index (χ0n) is 12.1. The molecule has 0 heterocycles. The summed E-state index contributed by atoms with van der Waals surface area (Å²) in [5, 5.41) is 22.6. The van der Waals surface area contributed by atoms with Crippen LogP contribution in [0, 0.1) is 10.1 Å². The second-order valence-electron chi connectivity index (χ2n) is 4.59. The fourth-order valence-corrected chi connectivity index (χ4v) is 2.14. The standard InChI is InChI=1S/C15H11BrN2O6/c16-9-4-5-13(19)12(6-9)15(21)24-8-14(20)17-10-2-1-3-11(7-10)18(22)23/h1-7,19H,8H2,(H,17,20). The molecule has 2 rings (SSSR count). The van der Waals surface area contributed by atoms with Gasteiger partial charge in [0, 0.05) is 22.3 Å². The smallest absolute Gasteiger partial charge is 0.342 e. The van der Waals surface area contributed by atoms with Gasteiger partial charge in [0.05, 0.1) is 4.92 Å². The van der Waals surface area contributed by atoms with Crippen molar-refractivity contribution in [3.05, 3.63) is 62.6 Å². The van der Waals surface area contributed by atoms with E-state index in [2.05, 4.69) is 21.2 Å². The summed E-state index contributed by atoms with van der Waals surface area (Å²) >= 11 is 3.15. The Morgan fingerprint density at radius 2 is 2.00 bits per heavy atom. The van der Waals surface area contributed by atoms with Gasteiger partial charge >= 0.3 is 5.97 Å². The zero-order valence-corrected chi connectivity index (χ0v) is 13.6. The number of esters is 1. The Morgan fingerprint density at radius 3 is 2.71 bits per heavy atom. The largest absolute Gasteiger partial charge is 0.507 e. The van der Waals surface area contributed by atoms with Crippen molar-refractivity contribution in [2.24, 2.45) is 0 Å². The van der Waals surface area contributed by atoms with E-state index in [0.717, 1.165) is 0 Å². The highest BCUT2D eigenvalue weighted by Crippen LogP contribution is 2.22. The van der Waals surface area contributed by atoms with Crippen molar-refractivity contribution in [3.63, 3.8) is 0 Å². The van der Waals surface area contributed by atoms with E-state index in [4.69, 9.17) is 4.74 Å². The summed E-state index contributed by atoms with van der Waals surface area (Å²) in [6.07, 6.45) is 0. The molecule has 2 N–H and O–H groups in total. The molecule has 24 heavy (non-hydrogen) atoms. The first kappa shape index (κ1) is 17.4. The Balaban J connectivity index is 1.96. The monoisotopic (exact) mass is 394 g/mol. The number of ether oxygens (including phenoxy) is 1. The molecule has 2 aromatic carbocycles. The molecule has 0 atom stereocenters. The van der Waals surface area contributed by atoms with Crippen LogP contribution in [0.2, 0.25) is 0 Å². The SMILES string of the molecule is O=C(COC(=O)c1cc(Br)ccc1O)Nc1cccc([N+](=O)[O-])c1. The van der Waals surface area contributed by atoms with Crippen LogP contribution < -0.4 is 5.32 Å². The predicted molar refractivity (Wildman–Crippen MR) is 87.8 cm³/mol. The lowest BCUT2D eigenvalue weighted by atomic mass is 10.2. The Bertz CT molecular complexity index is 808. The van der Waals surface area contributed by atoms with E-state index in [1.54, 1.807) is 6.07 Å². The first-order valence-electron chi connectivity index (χ1n) is 6.57. The van der Waals surface area contributed by atoms with Crippen LogP contribution in [0.25, 0.3) is 0 Å². The van der Waals surface area contributed by atoms with Gasteiger partial charge in [0.25, 0.3) is 11.6 Å². The Labute approximate surface area is 144 Å². The summed E-state index contributed by atoms with van der Waals surface area (Å²) in [5.41, 5.74) is -0.0630. The number of amides is 1. The van der Waals surface area contributed by atoms with Gasteiger partial charge in [-0.1, -0.05) is 22.0 Å². The number of benzene rings is 2. The van der Waals surface area contributed by atoms with Gasteiger partial charge in [-0.15, -0.1) is 0 Å². The molecule has 0 bridgehead atoms. The average Bonchev–Trinajstić information content (AvgIpc) is 2.55. The lowest BCUT2D eigenvalue weighted by Crippen LogP contribution is -2.21. The van der Waals surface area contributed by atoms with Crippen LogP contribution in [0.15, 0.2) is 46.9 Å². The van der Waals surface area contributed by atoms with Gasteiger partial charge < -0.3 is 15.2 Å². The van der Waals surface area contributed by atoms with E-state index < -0.39 is 23.4 Å². The number of nitrogens with one attached hydrogen (secondary N) is 1. The summed E-state index contributed by atoms with van der Waals surface area (Å²) in [7, 11) is 0. The maximum atomic E-state index is 11.8. The molecule has 0 saturated carbocycles. The fraction of sp³-hybridized carbons (Fsp3) is 0.0667. The molecule has 9 heteroatoms. The second-order valence-corrected chi connectivity index (χ2v) is 5.51. The number of halogens is 1. The summed E-state index contributed by atoms with van der Waals surface area (Å²) in [4.78, 5) is 33.7. The van der Waals surface area contributed by atoms with Crippen LogP contribution in [-0.4, -0.2) is 28.5 Å². The zero-order chi connectivity index (χ0) is 17.7. The highest BCUT2D eigenvalue weighted by Gasteiger charge is 2.15. The first-order valence-corrected chi connectivity index (χ1v) is 7.36. The van der Waals surface area contributed by atoms with E-state index in [9.17, 15) is 24.8 Å². The van der Waals surface area contributed by atoms with E-state index in [1.165, 1.54) is 36.4 Å². The van der Waals surface area contributed by atoms with Crippen molar-refractivity contribution < 1.29 is 24.4 Å². The van der Waals surface area contributed by atoms with Gasteiger partial charge in [0.2, 0.25) is 0 Å². The maximum absolute atomic E-state index is 11.8. The highest BCUT2D eigenvalue weighted by atomic mass is 79.9. The van der Waals surface area contributed by atoms with E-state index in [0.29, 0.717) is 4.47 Å². The molecule has 8 nitrogen and oxygen atoms in total. The number of aromatic hydroxyl groups is 1. The second kappa shape index (κ2) is 7.55. The third-order valence-electron chi connectivity index (χ3n) is 2.85. The maximum Gasteiger partial charge on any atom is 0.342 e. The molecule has 0 saturated heterocycles. The molecule has 0 fully saturated rings. The number of phenolic OH excluding ortho intramolecular Hbond substituents is 1. The lowest BCUT2D eigenvalue weighted by molar-refractivity contribution is -0.384. The lowest BCUT2D eigenvalue weighted by Gasteiger charge is -2.08. The van der Waals surface area contributed by atoms with E-state index in [1.807, 2.05) is 0 Å². The number of anilines is 1. The molecule has 0 aliphatic rings. The normalized spacial score (nSPS) is 10.0. The molecular weight excluding hydrogens is 384 g/mol. The number of carbonyl (C=O) groups excluding carboxylic acids is 2. The number of nitrogens with zero attached hydrogens (tertiary/aromatic N) is 1. The number of nitro groups is 1. The minimum absolute atomic E-state index is 0.0903. The van der Waals surface area contributed by atoms with Crippen LogP contribution >= 0.6 is 15.9 Å². The number of nitro benzene ring substituents is 1. The van der Waals surface area contributed by atoms with Gasteiger partial charge in [-0.3, -0.25) is 14.9 Å². The Hall–Kier alpha value is -2.94. The van der Waals surface area contributed by atoms with Crippen LogP contribution in [0.5, 0.6) is 5.75 Å². The van der Waals surface area contributed by atoms with Gasteiger partial charge in [-0.05, 0) is 24.3 Å². The van der Waals surface area contributed by atoms with Crippen molar-refractivity contribution in [2.75, 3.05) is 11.9 Å². The first-order chi connectivity index (χ1) is 11.4. The van der Waals surface area contributed by atoms with Crippen molar-refractivity contribution in [2.45, 2.75) is 0 Å². The topological polar surface area (TPSA) is 119 Å². The molecule has 0 aliphatic heterocycles. The molecule has 0 radical (unpaired) electrons. The van der Waals surface area contributed by atoms with Crippen LogP contribution in [0.3, 0.4) is 0 Å². The van der Waals surface area contributed by atoms with Crippen LogP contribution in [0.1, 0.15) is 10.4 Å². The van der Waals surface area contributed by atoms with Crippen LogP contribution in [-0.2, 0) is 9.53 Å². The minimum atomic E-state index is -0.872. The molecule has 0 aliphatic carbocycles. The quantitative estimate of drug-likeness (QED) is 0.457. The Kier molecular flexibility index (Phi) is 5.48. The van der Waals surface area contributed by atoms with Crippen LogP contribution in [0.4, 0.5) is 11.4 Å². The molecule has 0 spiro atoms. The van der Waals surface area contributed by atoms with Gasteiger partial charge in [0.1, 0.15) is 11.3 Å². The molecule has 124 valence electrons. The number of rotatable bonds is 5. The summed E-state index contributed by atoms with van der Waals surface area (Å²) in [6.45, 7) is -0.604. The van der Waals surface area contributed by atoms with Crippen molar-refractivity contribution in [3.8, 4) is 5.75 Å². The number of hydrogen-bond acceptors (Lipinski definition) is 6. The van der Waals surface area contributed by atoms with E-state index in [-0.39, 0.29) is 22.7 Å². The fourth-order valence-electron chi connectivity index (χ4n) is 1.77. The summed E-state index contributed by atoms with van der Waals surface area (Å²) < 4.78 is 5.37. The van der Waals surface area contributed by atoms with E-state index >= 15 is 0 Å². The molecule has 1 amide bonds. The van der Waals surface area contributed by atoms with Crippen molar-refractivity contribution in [1.29, 1.82) is 0 Å². The van der Waals surface area contributed by atoms with Gasteiger partial charge in [-0.2, -0.15) is 0 Å². The van der Waals surface area contributed by atoms with Gasteiger partial charge in [0.15, 0.2) is 6.61 Å². The molecule has 0 aromatic heterocycles. The third-order valence-corrected chi connectivity index (χ3v) is 3.35.